The van der Waals surface area contributed by atoms with E-state index < -0.39 is 0 Å². The fraction of sp³-hybridized carbons (Fsp3) is 0.0588. The molecule has 0 N–H and O–H groups in total. The van der Waals surface area contributed by atoms with Gasteiger partial charge in [-0.1, -0.05) is 59.3 Å². The van der Waals surface area contributed by atoms with Crippen LogP contribution in [0.15, 0.2) is 109 Å². The number of aromatic nitrogens is 2. The van der Waals surface area contributed by atoms with Crippen molar-refractivity contribution in [2.75, 3.05) is 0 Å². The Kier molecular flexibility index (Phi) is 8.25. The molecule has 2 nitrogen and oxygen atoms in total. The standard InChI is InChI=1S/2C16H12N.2CH3.Si.Zr/c2*1-17-14-9-5-4-8-13(14)16-12-7-3-2-6-11(12)10-15(16)17;;;;/h2*2-10H,1H3;2*1H3;;/q4*-1;;. The first kappa shape index (κ1) is 27.8. The zero-order valence-electron chi connectivity index (χ0n) is 22.3. The van der Waals surface area contributed by atoms with Crippen LogP contribution in [0.5, 0.6) is 0 Å². The Labute approximate surface area is 241 Å². The Morgan fingerprint density at radius 3 is 1.21 bits per heavy atom. The quantitative estimate of drug-likeness (QED) is 0.124. The van der Waals surface area contributed by atoms with Crippen molar-refractivity contribution in [3.63, 3.8) is 0 Å². The summed E-state index contributed by atoms with van der Waals surface area (Å²) in [7, 11) is 4.28. The van der Waals surface area contributed by atoms with Crippen molar-refractivity contribution in [2.24, 2.45) is 14.1 Å². The maximum atomic E-state index is 3.06. The van der Waals surface area contributed by atoms with E-state index in [9.17, 15) is 0 Å². The fourth-order valence-electron chi connectivity index (χ4n) is 5.73. The predicted molar refractivity (Wildman–Crippen MR) is 166 cm³/mol. The van der Waals surface area contributed by atoms with Crippen LogP contribution < -0.4 is 0 Å². The number of rotatable bonds is 0. The molecule has 0 aliphatic carbocycles. The van der Waals surface area contributed by atoms with E-state index >= 15 is 0 Å². The molecule has 4 heteroatoms. The van der Waals surface area contributed by atoms with Crippen molar-refractivity contribution in [3.8, 4) is 0 Å². The summed E-state index contributed by atoms with van der Waals surface area (Å²) in [4.78, 5) is 0. The van der Waals surface area contributed by atoms with Gasteiger partial charge in [0.15, 0.2) is 0 Å². The van der Waals surface area contributed by atoms with E-state index in [2.05, 4.69) is 139 Å². The second kappa shape index (κ2) is 11.3. The Hall–Kier alpha value is -3.20. The SMILES string of the molecule is Cn1c2ccccc2c2c3ccccc3[cH-]c21.Cn1c2ccccc2c2c3ccccc3[cH-]c21.[CH3-].[CH3-].[Si]=[Zr]. The van der Waals surface area contributed by atoms with Crippen LogP contribution in [0.4, 0.5) is 0 Å². The minimum absolute atomic E-state index is 0. The molecule has 0 amide bonds. The number of para-hydroxylation sites is 2. The van der Waals surface area contributed by atoms with Crippen LogP contribution >= 0.6 is 0 Å². The molecule has 8 aromatic rings. The zero-order chi connectivity index (χ0) is 24.8. The third-order valence-electron chi connectivity index (χ3n) is 7.35. The molecule has 2 heterocycles. The van der Waals surface area contributed by atoms with Gasteiger partial charge in [-0.15, -0.1) is 70.1 Å². The number of fused-ring (bicyclic) bond motifs is 10. The van der Waals surface area contributed by atoms with E-state index in [1.807, 2.05) is 0 Å². The molecule has 0 spiro atoms. The summed E-state index contributed by atoms with van der Waals surface area (Å²) in [6.07, 6.45) is 0. The summed E-state index contributed by atoms with van der Waals surface area (Å²) in [6.45, 7) is 3.06. The van der Waals surface area contributed by atoms with Crippen LogP contribution in [0, 0.1) is 14.9 Å². The van der Waals surface area contributed by atoms with Gasteiger partial charge >= 0.3 is 30.2 Å². The van der Waals surface area contributed by atoms with Gasteiger partial charge in [0.2, 0.25) is 0 Å². The molecule has 0 saturated heterocycles. The Bertz CT molecular complexity index is 1870. The molecule has 0 bridgehead atoms. The number of benzene rings is 4. The molecule has 0 atom stereocenters. The summed E-state index contributed by atoms with van der Waals surface area (Å²) in [5.41, 5.74) is 5.27. The van der Waals surface area contributed by atoms with Gasteiger partial charge in [-0.05, 0) is 33.9 Å². The normalized spacial score (nSPS) is 10.7. The average Bonchev–Trinajstić information content (AvgIpc) is 3.66. The molecule has 8 rings (SSSR count). The predicted octanol–water partition coefficient (Wildman–Crippen LogP) is 8.92. The van der Waals surface area contributed by atoms with E-state index in [1.54, 1.807) is 0 Å². The first-order valence-corrected chi connectivity index (χ1v) is 16.2. The van der Waals surface area contributed by atoms with Crippen LogP contribution in [0.2, 0.25) is 0 Å². The van der Waals surface area contributed by atoms with Crippen LogP contribution in [-0.4, -0.2) is 16.0 Å². The Balaban J connectivity index is 0.000000158. The molecule has 0 saturated carbocycles. The zero-order valence-corrected chi connectivity index (χ0v) is 25.7. The molecule has 38 heavy (non-hydrogen) atoms. The van der Waals surface area contributed by atoms with Gasteiger partial charge in [0.05, 0.1) is 0 Å². The van der Waals surface area contributed by atoms with Gasteiger partial charge in [0.1, 0.15) is 0 Å². The third kappa shape index (κ3) is 4.21. The van der Waals surface area contributed by atoms with Crippen LogP contribution in [-0.2, 0) is 37.4 Å². The van der Waals surface area contributed by atoms with Crippen LogP contribution in [0.25, 0.3) is 65.2 Å². The van der Waals surface area contributed by atoms with Gasteiger partial charge in [-0.3, -0.25) is 0 Å². The van der Waals surface area contributed by atoms with E-state index in [-0.39, 0.29) is 14.9 Å². The van der Waals surface area contributed by atoms with Crippen molar-refractivity contribution in [1.82, 2.24) is 9.13 Å². The summed E-state index contributed by atoms with van der Waals surface area (Å²) in [5, 5.41) is 10.9. The Morgan fingerprint density at radius 1 is 0.500 bits per heavy atom. The number of aryl methyl sites for hydroxylation is 2. The average molecular weight is 586 g/mol. The minimum atomic E-state index is 0. The molecule has 2 radical (unpaired) electrons. The van der Waals surface area contributed by atoms with Crippen molar-refractivity contribution in [1.29, 1.82) is 0 Å². The molecule has 0 aliphatic heterocycles. The maximum absolute atomic E-state index is 3.06. The summed E-state index contributed by atoms with van der Waals surface area (Å²) in [5.74, 6) is 0. The molecule has 2 aromatic heterocycles. The molecule has 6 aromatic carbocycles. The van der Waals surface area contributed by atoms with Crippen molar-refractivity contribution < 1.29 is 23.3 Å². The van der Waals surface area contributed by atoms with Gasteiger partial charge in [-0.2, -0.15) is 0 Å². The number of hydrogen-bond donors (Lipinski definition) is 0. The first-order valence-electron chi connectivity index (χ1n) is 12.0. The molecular weight excluding hydrogens is 556 g/mol. The van der Waals surface area contributed by atoms with E-state index in [0.29, 0.717) is 0 Å². The second-order valence-electron chi connectivity index (χ2n) is 9.14. The molecule has 188 valence electrons. The van der Waals surface area contributed by atoms with E-state index in [1.165, 1.54) is 88.5 Å². The first-order chi connectivity index (χ1) is 17.7. The number of nitrogens with zero attached hydrogens (tertiary/aromatic N) is 2. The second-order valence-corrected chi connectivity index (χ2v) is 9.14. The molecule has 0 aliphatic rings. The molecule has 0 unspecified atom stereocenters. The monoisotopic (exact) mass is 584 g/mol. The van der Waals surface area contributed by atoms with E-state index in [0.717, 1.165) is 0 Å². The van der Waals surface area contributed by atoms with Gasteiger partial charge in [-0.25, -0.2) is 0 Å². The molecular formula is C34H30N2SiZr-4. The Morgan fingerprint density at radius 2 is 0.816 bits per heavy atom. The summed E-state index contributed by atoms with van der Waals surface area (Å²) in [6, 6.07) is 39.0. The van der Waals surface area contributed by atoms with Gasteiger partial charge < -0.3 is 24.0 Å². The summed E-state index contributed by atoms with van der Waals surface area (Å²) >= 11 is 1.36. The third-order valence-corrected chi connectivity index (χ3v) is 7.35. The van der Waals surface area contributed by atoms with Crippen molar-refractivity contribution in [3.05, 3.63) is 124 Å². The van der Waals surface area contributed by atoms with Crippen LogP contribution in [0.1, 0.15) is 0 Å². The van der Waals surface area contributed by atoms with Crippen molar-refractivity contribution in [2.45, 2.75) is 0 Å². The summed E-state index contributed by atoms with van der Waals surface area (Å²) < 4.78 is 4.56. The van der Waals surface area contributed by atoms with E-state index in [4.69, 9.17) is 0 Å². The topological polar surface area (TPSA) is 9.86 Å². The fourth-order valence-corrected chi connectivity index (χ4v) is 5.73. The van der Waals surface area contributed by atoms with Gasteiger partial charge in [0, 0.05) is 25.1 Å². The van der Waals surface area contributed by atoms with Crippen LogP contribution in [0.3, 0.4) is 0 Å². The van der Waals surface area contributed by atoms with Gasteiger partial charge in [0.25, 0.3) is 0 Å². The van der Waals surface area contributed by atoms with Crippen molar-refractivity contribution >= 4 is 72.0 Å². The molecule has 0 fully saturated rings. The number of hydrogen-bond acceptors (Lipinski definition) is 0.